The van der Waals surface area contributed by atoms with E-state index in [0.29, 0.717) is 75.1 Å². The molecule has 0 unspecified atom stereocenters. The molecule has 0 saturated carbocycles. The van der Waals surface area contributed by atoms with Crippen LogP contribution in [-0.2, 0) is 76.7 Å². The molecular weight excluding hydrogens is 817 g/mol. The number of hydrogen-bond donors (Lipinski definition) is 0. The Hall–Kier alpha value is -5.40. The van der Waals surface area contributed by atoms with Crippen molar-refractivity contribution in [3.05, 3.63) is 116 Å². The topological polar surface area (TPSA) is 142 Å². The number of Topliss-reactive ketones (excluding diaryl/α,β-unsaturated/α-hetero) is 4. The zero-order chi connectivity index (χ0) is 46.2. The molecular formula is C52H64O12. The first-order chi connectivity index (χ1) is 30.9. The summed E-state index contributed by atoms with van der Waals surface area (Å²) in [5.74, 6) is 0.325. The zero-order valence-electron chi connectivity index (χ0n) is 38.7. The molecule has 4 aromatic carbocycles. The van der Waals surface area contributed by atoms with Crippen LogP contribution in [0, 0.1) is 11.8 Å². The molecule has 0 spiro atoms. The van der Waals surface area contributed by atoms with Crippen molar-refractivity contribution in [3.63, 3.8) is 0 Å². The molecule has 12 nitrogen and oxygen atoms in total. The van der Waals surface area contributed by atoms with E-state index in [9.17, 15) is 19.2 Å². The summed E-state index contributed by atoms with van der Waals surface area (Å²) in [6.07, 6.45) is 1.97. The second-order valence-corrected chi connectivity index (χ2v) is 16.3. The van der Waals surface area contributed by atoms with Crippen molar-refractivity contribution in [2.45, 2.75) is 66.2 Å². The summed E-state index contributed by atoms with van der Waals surface area (Å²) in [7, 11) is 6.51. The number of ether oxygens (including phenoxy) is 8. The normalized spacial score (nSPS) is 12.3. The highest BCUT2D eigenvalue weighted by Gasteiger charge is 2.27. The second kappa shape index (κ2) is 24.6. The van der Waals surface area contributed by atoms with E-state index in [1.54, 1.807) is 28.4 Å². The van der Waals surface area contributed by atoms with Crippen LogP contribution in [0.2, 0.25) is 0 Å². The van der Waals surface area contributed by atoms with Crippen LogP contribution in [-0.4, -0.2) is 104 Å². The van der Waals surface area contributed by atoms with Crippen LogP contribution in [0.4, 0.5) is 0 Å². The molecule has 0 amide bonds. The van der Waals surface area contributed by atoms with Gasteiger partial charge in [0, 0.05) is 54.1 Å². The number of carbonyl (C=O) groups excluding carboxylic acids is 4. The van der Waals surface area contributed by atoms with E-state index in [1.165, 1.54) is 27.7 Å². The molecule has 1 aliphatic carbocycles. The van der Waals surface area contributed by atoms with Gasteiger partial charge in [0.2, 0.25) is 0 Å². The Morgan fingerprint density at radius 2 is 0.625 bits per heavy atom. The monoisotopic (exact) mass is 880 g/mol. The maximum Gasteiger partial charge on any atom is 0.140 e. The lowest BCUT2D eigenvalue weighted by atomic mass is 9.86. The van der Waals surface area contributed by atoms with Crippen molar-refractivity contribution in [2.75, 3.05) is 81.3 Å². The molecule has 0 aliphatic heterocycles. The molecule has 5 rings (SSSR count). The molecule has 344 valence electrons. The summed E-state index contributed by atoms with van der Waals surface area (Å²) in [6, 6.07) is 20.2. The van der Waals surface area contributed by atoms with Crippen molar-refractivity contribution >= 4 is 23.1 Å². The first-order valence-corrected chi connectivity index (χ1v) is 21.9. The van der Waals surface area contributed by atoms with Gasteiger partial charge in [0.1, 0.15) is 72.6 Å². The van der Waals surface area contributed by atoms with Crippen LogP contribution in [0.25, 0.3) is 0 Å². The third-order valence-corrected chi connectivity index (χ3v) is 11.5. The van der Waals surface area contributed by atoms with Gasteiger partial charge >= 0.3 is 0 Å². The average Bonchev–Trinajstić information content (AvgIpc) is 3.24. The number of benzene rings is 4. The minimum absolute atomic E-state index is 0.191. The summed E-state index contributed by atoms with van der Waals surface area (Å²) < 4.78 is 48.3. The van der Waals surface area contributed by atoms with Gasteiger partial charge < -0.3 is 37.9 Å². The molecule has 0 atom stereocenters. The summed E-state index contributed by atoms with van der Waals surface area (Å²) in [5.41, 5.74) is 8.57. The van der Waals surface area contributed by atoms with Gasteiger partial charge in [0.05, 0.1) is 38.3 Å². The highest BCUT2D eigenvalue weighted by Crippen LogP contribution is 2.40. The molecule has 1 aliphatic rings. The van der Waals surface area contributed by atoms with E-state index in [2.05, 4.69) is 0 Å². The molecule has 0 saturated heterocycles. The minimum atomic E-state index is -0.799. The summed E-state index contributed by atoms with van der Waals surface area (Å²) in [4.78, 5) is 51.4. The Labute approximate surface area is 377 Å². The van der Waals surface area contributed by atoms with Crippen molar-refractivity contribution < 1.29 is 57.1 Å². The molecule has 4 aromatic rings. The smallest absolute Gasteiger partial charge is 0.140 e. The molecule has 64 heavy (non-hydrogen) atoms. The summed E-state index contributed by atoms with van der Waals surface area (Å²) >= 11 is 0. The van der Waals surface area contributed by atoms with E-state index in [1.807, 2.05) is 60.7 Å². The van der Waals surface area contributed by atoms with Gasteiger partial charge in [-0.15, -0.1) is 0 Å². The Balaban J connectivity index is 1.87. The van der Waals surface area contributed by atoms with Crippen LogP contribution >= 0.6 is 0 Å². The summed E-state index contributed by atoms with van der Waals surface area (Å²) in [5, 5.41) is 0. The van der Waals surface area contributed by atoms with Crippen LogP contribution < -0.4 is 18.9 Å². The Bertz CT molecular complexity index is 1970. The van der Waals surface area contributed by atoms with Gasteiger partial charge in [-0.25, -0.2) is 0 Å². The summed E-state index contributed by atoms with van der Waals surface area (Å²) in [6.45, 7) is 8.38. The van der Waals surface area contributed by atoms with Crippen molar-refractivity contribution in [2.24, 2.45) is 11.8 Å². The lowest BCUT2D eigenvalue weighted by molar-refractivity contribution is -0.131. The quantitative estimate of drug-likeness (QED) is 0.0460. The number of para-hydroxylation sites is 2. The standard InChI is InChI=1S/C52H64O12/c1-33(53)47(34(2)54)27-37-23-43-29-39-11-9-13-41(49(39)61-19-15-57-5)31-45-25-38(28-48(35(3)55)36(4)56)26-46(52(45)64-22-18-60-8)32-42-14-10-12-40(50(42)62-20-16-58-6)30-44(24-37)51(43)63-21-17-59-7/h9-14,23-26,47-48H,15-22,27-32H2,1-8H3. The molecule has 0 aromatic heterocycles. The number of rotatable bonds is 24. The lowest BCUT2D eigenvalue weighted by Gasteiger charge is -2.24. The van der Waals surface area contributed by atoms with E-state index in [0.717, 1.165) is 55.6 Å². The molecule has 0 heterocycles. The van der Waals surface area contributed by atoms with Crippen molar-refractivity contribution in [3.8, 4) is 23.0 Å². The predicted octanol–water partition coefficient (Wildman–Crippen LogP) is 7.14. The second-order valence-electron chi connectivity index (χ2n) is 16.3. The fourth-order valence-corrected chi connectivity index (χ4v) is 8.34. The van der Waals surface area contributed by atoms with Crippen molar-refractivity contribution in [1.82, 2.24) is 0 Å². The highest BCUT2D eigenvalue weighted by atomic mass is 16.5. The average molecular weight is 881 g/mol. The zero-order valence-corrected chi connectivity index (χ0v) is 38.7. The third-order valence-electron chi connectivity index (χ3n) is 11.5. The van der Waals surface area contributed by atoms with Gasteiger partial charge in [-0.2, -0.15) is 0 Å². The van der Waals surface area contributed by atoms with Crippen LogP contribution in [0.1, 0.15) is 83.3 Å². The molecule has 0 N–H and O–H groups in total. The molecule has 0 fully saturated rings. The highest BCUT2D eigenvalue weighted by molar-refractivity contribution is 6.01. The molecule has 8 bridgehead atoms. The van der Waals surface area contributed by atoms with Gasteiger partial charge in [-0.05, 0) is 96.2 Å². The van der Waals surface area contributed by atoms with Gasteiger partial charge in [-0.1, -0.05) is 60.7 Å². The number of hydrogen-bond acceptors (Lipinski definition) is 12. The van der Waals surface area contributed by atoms with Crippen molar-refractivity contribution in [1.29, 1.82) is 0 Å². The molecule has 0 radical (unpaired) electrons. The Morgan fingerprint density at radius 3 is 0.844 bits per heavy atom. The maximum absolute atomic E-state index is 12.8. The van der Waals surface area contributed by atoms with E-state index >= 15 is 0 Å². The van der Waals surface area contributed by atoms with E-state index in [-0.39, 0.29) is 62.4 Å². The van der Waals surface area contributed by atoms with Crippen LogP contribution in [0.15, 0.2) is 60.7 Å². The first-order valence-electron chi connectivity index (χ1n) is 21.9. The number of carbonyl (C=O) groups is 4. The van der Waals surface area contributed by atoms with Gasteiger partial charge in [0.15, 0.2) is 0 Å². The lowest BCUT2D eigenvalue weighted by Crippen LogP contribution is -2.22. The van der Waals surface area contributed by atoms with E-state index < -0.39 is 11.8 Å². The SMILES string of the molecule is COCCOc1c2cccc1Cc1cc(CC(C(C)=O)C(C)=O)cc(c1OCCOC)Cc1cccc(c1OCCOC)Cc1cc(CC(C(C)=O)C(C)=O)cc(c1OCCOC)C2. The maximum atomic E-state index is 12.8. The largest absolute Gasteiger partial charge is 0.491 e. The van der Waals surface area contributed by atoms with Crippen LogP contribution in [0.5, 0.6) is 23.0 Å². The first kappa shape index (κ1) is 49.6. The number of ketones is 4. The fraction of sp³-hybridized carbons (Fsp3) is 0.462. The third kappa shape index (κ3) is 13.3. The minimum Gasteiger partial charge on any atom is -0.491 e. The number of fused-ring (bicyclic) bond motifs is 8. The fourth-order valence-electron chi connectivity index (χ4n) is 8.34. The Kier molecular flexibility index (Phi) is 19.1. The van der Waals surface area contributed by atoms with E-state index in [4.69, 9.17) is 37.9 Å². The number of methoxy groups -OCH3 is 4. The van der Waals surface area contributed by atoms with Gasteiger partial charge in [-0.3, -0.25) is 19.2 Å². The van der Waals surface area contributed by atoms with Gasteiger partial charge in [0.25, 0.3) is 0 Å². The van der Waals surface area contributed by atoms with Crippen LogP contribution in [0.3, 0.4) is 0 Å². The molecule has 12 heteroatoms. The predicted molar refractivity (Wildman–Crippen MR) is 244 cm³/mol. The Morgan fingerprint density at radius 1 is 0.391 bits per heavy atom.